The van der Waals surface area contributed by atoms with Crippen molar-refractivity contribution in [3.63, 3.8) is 0 Å². The minimum Gasteiger partial charge on any atom is -0.550 e. The molecule has 5 heteroatoms. The zero-order chi connectivity index (χ0) is 21.3. The summed E-state index contributed by atoms with van der Waals surface area (Å²) < 4.78 is 0. The summed E-state index contributed by atoms with van der Waals surface area (Å²) in [4.78, 5) is 20.2. The summed E-state index contributed by atoms with van der Waals surface area (Å²) in [5.41, 5.74) is 0. The minimum absolute atomic E-state index is 0. The van der Waals surface area contributed by atoms with Gasteiger partial charge in [-0.05, 0) is 25.7 Å². The minimum atomic E-state index is -0.913. The summed E-state index contributed by atoms with van der Waals surface area (Å²) >= 11 is 0. The van der Waals surface area contributed by atoms with Gasteiger partial charge in [0.2, 0.25) is 0 Å². The van der Waals surface area contributed by atoms with Gasteiger partial charge in [-0.15, -0.1) is 0 Å². The van der Waals surface area contributed by atoms with Crippen molar-refractivity contribution in [2.45, 2.75) is 142 Å². The van der Waals surface area contributed by atoms with Crippen LogP contribution < -0.4 is 39.8 Å². The molecule has 0 aliphatic carbocycles. The fraction of sp³-hybridized carbons (Fsp3) is 0.917. The molecule has 0 N–H and O–H groups in total. The van der Waals surface area contributed by atoms with Crippen LogP contribution in [0, 0.1) is 0 Å². The quantitative estimate of drug-likeness (QED) is 0.223. The second-order valence-corrected chi connectivity index (χ2v) is 7.90. The van der Waals surface area contributed by atoms with E-state index in [0.717, 1.165) is 25.7 Å². The standard InChI is InChI=1S/C14H28O2.C10H20O2.Na/c1-2-3-4-5-6-7-8-9-10-11-12-13-14(15)16;1-2-3-4-5-6-7-8-9-10(11)12;/h2-13H2,1H3,(H,15,16);2-9H2,1H3,(H,11,12);/q;;+1/p-2. The Morgan fingerprint density at radius 3 is 0.862 bits per heavy atom. The van der Waals surface area contributed by atoms with Crippen molar-refractivity contribution in [1.29, 1.82) is 0 Å². The number of rotatable bonds is 20. The zero-order valence-corrected chi connectivity index (χ0v) is 21.8. The number of carbonyl (C=O) groups excluding carboxylic acids is 2. The van der Waals surface area contributed by atoms with Gasteiger partial charge in [0.15, 0.2) is 0 Å². The number of carboxylic acids is 2. The Bertz CT molecular complexity index is 335. The van der Waals surface area contributed by atoms with Crippen molar-refractivity contribution in [3.8, 4) is 0 Å². The fourth-order valence-electron chi connectivity index (χ4n) is 3.16. The Balaban J connectivity index is -0.000000468. The smallest absolute Gasteiger partial charge is 0.550 e. The molecule has 29 heavy (non-hydrogen) atoms. The van der Waals surface area contributed by atoms with Gasteiger partial charge in [-0.2, -0.15) is 0 Å². The summed E-state index contributed by atoms with van der Waals surface area (Å²) in [6.07, 6.45) is 22.4. The molecule has 0 atom stereocenters. The van der Waals surface area contributed by atoms with Gasteiger partial charge in [0.1, 0.15) is 0 Å². The van der Waals surface area contributed by atoms with Gasteiger partial charge in [-0.3, -0.25) is 0 Å². The summed E-state index contributed by atoms with van der Waals surface area (Å²) in [6, 6.07) is 0. The Kier molecular flexibility index (Phi) is 34.9. The van der Waals surface area contributed by atoms with Gasteiger partial charge >= 0.3 is 29.6 Å². The maximum atomic E-state index is 10.1. The molecule has 0 rings (SSSR count). The maximum Gasteiger partial charge on any atom is 1.00 e. The van der Waals surface area contributed by atoms with Crippen LogP contribution in [-0.2, 0) is 9.59 Å². The molecule has 4 nitrogen and oxygen atoms in total. The molecule has 0 heterocycles. The number of hydrogen-bond donors (Lipinski definition) is 0. The first kappa shape index (κ1) is 33.6. The van der Waals surface area contributed by atoms with E-state index in [4.69, 9.17) is 0 Å². The molecule has 0 aliphatic rings. The van der Waals surface area contributed by atoms with Crippen molar-refractivity contribution >= 4 is 11.9 Å². The number of unbranched alkanes of at least 4 members (excludes halogenated alkanes) is 16. The van der Waals surface area contributed by atoms with E-state index in [1.54, 1.807) is 0 Å². The van der Waals surface area contributed by atoms with Crippen molar-refractivity contribution in [2.75, 3.05) is 0 Å². The van der Waals surface area contributed by atoms with Gasteiger partial charge in [0.25, 0.3) is 0 Å². The van der Waals surface area contributed by atoms with Crippen LogP contribution in [0.4, 0.5) is 0 Å². The second-order valence-electron chi connectivity index (χ2n) is 7.90. The molecule has 0 aromatic rings. The van der Waals surface area contributed by atoms with E-state index in [1.165, 1.54) is 89.9 Å². The van der Waals surface area contributed by atoms with Crippen LogP contribution in [0.1, 0.15) is 142 Å². The number of aliphatic carboxylic acids is 2. The zero-order valence-electron chi connectivity index (χ0n) is 19.8. The van der Waals surface area contributed by atoms with Gasteiger partial charge in [0, 0.05) is 11.9 Å². The van der Waals surface area contributed by atoms with Crippen LogP contribution in [0.3, 0.4) is 0 Å². The summed E-state index contributed by atoms with van der Waals surface area (Å²) in [5, 5.41) is 20.2. The normalized spacial score (nSPS) is 10.0. The topological polar surface area (TPSA) is 80.3 Å². The van der Waals surface area contributed by atoms with Crippen LogP contribution in [0.2, 0.25) is 0 Å². The fourth-order valence-corrected chi connectivity index (χ4v) is 3.16. The van der Waals surface area contributed by atoms with E-state index in [9.17, 15) is 19.8 Å². The Hall–Kier alpha value is -0.0600. The molecule has 0 aliphatic heterocycles. The van der Waals surface area contributed by atoms with Gasteiger partial charge in [-0.1, -0.05) is 117 Å². The molecule has 0 amide bonds. The largest absolute Gasteiger partial charge is 1.00 e. The molecule has 168 valence electrons. The number of hydrogen-bond acceptors (Lipinski definition) is 4. The third kappa shape index (κ3) is 39.1. The van der Waals surface area contributed by atoms with Crippen molar-refractivity contribution in [3.05, 3.63) is 0 Å². The molecular formula is C24H46NaO4-. The molecule has 0 fully saturated rings. The first-order valence-corrected chi connectivity index (χ1v) is 11.9. The average Bonchev–Trinajstić information content (AvgIpc) is 2.65. The first-order chi connectivity index (χ1) is 13.5. The van der Waals surface area contributed by atoms with Crippen LogP contribution in [0.5, 0.6) is 0 Å². The molecule has 0 aromatic heterocycles. The molecule has 0 unspecified atom stereocenters. The molecule has 0 radical (unpaired) electrons. The summed E-state index contributed by atoms with van der Waals surface area (Å²) in [5.74, 6) is -1.82. The molecule has 0 spiro atoms. The third-order valence-corrected chi connectivity index (χ3v) is 4.97. The second kappa shape index (κ2) is 30.1. The Morgan fingerprint density at radius 1 is 0.448 bits per heavy atom. The molecule has 0 saturated carbocycles. The van der Waals surface area contributed by atoms with Crippen molar-refractivity contribution in [2.24, 2.45) is 0 Å². The Labute approximate surface area is 202 Å². The van der Waals surface area contributed by atoms with E-state index >= 15 is 0 Å². The van der Waals surface area contributed by atoms with Crippen LogP contribution in [0.25, 0.3) is 0 Å². The van der Waals surface area contributed by atoms with E-state index in [-0.39, 0.29) is 42.4 Å². The monoisotopic (exact) mass is 421 g/mol. The molecule has 0 saturated heterocycles. The molecule has 0 bridgehead atoms. The summed E-state index contributed by atoms with van der Waals surface area (Å²) in [7, 11) is 0. The SMILES string of the molecule is CCCCCCCCCC(=O)[O-].CCCCCCCCCCCCCC(=O)[O-].[Na+]. The molecule has 0 aromatic carbocycles. The third-order valence-electron chi connectivity index (χ3n) is 4.97. The van der Waals surface area contributed by atoms with E-state index in [0.29, 0.717) is 0 Å². The van der Waals surface area contributed by atoms with Crippen LogP contribution >= 0.6 is 0 Å². The van der Waals surface area contributed by atoms with E-state index in [1.807, 2.05) is 0 Å². The van der Waals surface area contributed by atoms with Crippen LogP contribution in [0.15, 0.2) is 0 Å². The van der Waals surface area contributed by atoms with Gasteiger partial charge < -0.3 is 19.8 Å². The summed E-state index contributed by atoms with van der Waals surface area (Å²) in [6.45, 7) is 4.43. The first-order valence-electron chi connectivity index (χ1n) is 11.9. The number of carbonyl (C=O) groups is 2. The number of carboxylic acid groups (broad SMARTS) is 2. The maximum absolute atomic E-state index is 10.1. The van der Waals surface area contributed by atoms with E-state index in [2.05, 4.69) is 13.8 Å². The van der Waals surface area contributed by atoms with Crippen molar-refractivity contribution in [1.82, 2.24) is 0 Å². The predicted octanol–water partition coefficient (Wildman–Crippen LogP) is 2.32. The van der Waals surface area contributed by atoms with E-state index < -0.39 is 11.9 Å². The van der Waals surface area contributed by atoms with Crippen LogP contribution in [-0.4, -0.2) is 11.9 Å². The van der Waals surface area contributed by atoms with Gasteiger partial charge in [-0.25, -0.2) is 0 Å². The molecular weight excluding hydrogens is 375 g/mol. The predicted molar refractivity (Wildman–Crippen MR) is 114 cm³/mol. The average molecular weight is 422 g/mol. The van der Waals surface area contributed by atoms with Gasteiger partial charge in [0.05, 0.1) is 0 Å². The Morgan fingerprint density at radius 2 is 0.655 bits per heavy atom. The van der Waals surface area contributed by atoms with Crippen molar-refractivity contribution < 1.29 is 49.4 Å².